The molecule has 0 aliphatic heterocycles. The summed E-state index contributed by atoms with van der Waals surface area (Å²) in [5.74, 6) is 0.881. The first kappa shape index (κ1) is 12.4. The van der Waals surface area contributed by atoms with Gasteiger partial charge in [0.05, 0.1) is 6.61 Å². The zero-order valence-electron chi connectivity index (χ0n) is 11.2. The van der Waals surface area contributed by atoms with Crippen molar-refractivity contribution in [3.8, 4) is 0 Å². The van der Waals surface area contributed by atoms with E-state index in [9.17, 15) is 5.11 Å². The Balaban J connectivity index is 2.09. The lowest BCUT2D eigenvalue weighted by Crippen LogP contribution is -2.49. The SMILES string of the molecule is CC[C@H](CO)NC1CC2CC[C@@]1(C)C2(C)C. The smallest absolute Gasteiger partial charge is 0.0584 e. The van der Waals surface area contributed by atoms with Crippen molar-refractivity contribution in [1.82, 2.24) is 5.32 Å². The molecule has 0 saturated heterocycles. The molecule has 0 radical (unpaired) electrons. The number of aliphatic hydroxyl groups excluding tert-OH is 1. The highest BCUT2D eigenvalue weighted by molar-refractivity contribution is 5.13. The fourth-order valence-electron chi connectivity index (χ4n) is 4.04. The molecule has 2 N–H and O–H groups in total. The predicted molar refractivity (Wildman–Crippen MR) is 67.3 cm³/mol. The number of aliphatic hydroxyl groups is 1. The van der Waals surface area contributed by atoms with Gasteiger partial charge < -0.3 is 10.4 Å². The van der Waals surface area contributed by atoms with Crippen LogP contribution in [0.25, 0.3) is 0 Å². The van der Waals surface area contributed by atoms with Gasteiger partial charge in [-0.05, 0) is 42.4 Å². The molecule has 2 aliphatic carbocycles. The fourth-order valence-corrected chi connectivity index (χ4v) is 4.04. The van der Waals surface area contributed by atoms with Gasteiger partial charge in [-0.2, -0.15) is 0 Å². The summed E-state index contributed by atoms with van der Waals surface area (Å²) in [7, 11) is 0. The Morgan fingerprint density at radius 1 is 1.38 bits per heavy atom. The first-order valence-corrected chi connectivity index (χ1v) is 6.82. The molecule has 2 fully saturated rings. The molecule has 2 bridgehead atoms. The van der Waals surface area contributed by atoms with Crippen LogP contribution in [0.3, 0.4) is 0 Å². The number of nitrogens with one attached hydrogen (secondary N) is 1. The third-order valence-corrected chi connectivity index (χ3v) is 5.94. The average Bonchev–Trinajstić information content (AvgIpc) is 2.58. The zero-order chi connectivity index (χ0) is 12.0. The highest BCUT2D eigenvalue weighted by Crippen LogP contribution is 2.65. The summed E-state index contributed by atoms with van der Waals surface area (Å²) in [6, 6.07) is 0.898. The maximum atomic E-state index is 9.31. The molecule has 94 valence electrons. The number of hydrogen-bond acceptors (Lipinski definition) is 2. The third-order valence-electron chi connectivity index (χ3n) is 5.94. The number of fused-ring (bicyclic) bond motifs is 2. The van der Waals surface area contributed by atoms with Crippen LogP contribution in [0.15, 0.2) is 0 Å². The van der Waals surface area contributed by atoms with Gasteiger partial charge >= 0.3 is 0 Å². The van der Waals surface area contributed by atoms with Crippen LogP contribution in [-0.4, -0.2) is 23.8 Å². The molecule has 4 atom stereocenters. The molecule has 0 spiro atoms. The summed E-state index contributed by atoms with van der Waals surface area (Å²) in [5, 5.41) is 13.0. The molecule has 2 heteroatoms. The molecular weight excluding hydrogens is 198 g/mol. The van der Waals surface area contributed by atoms with Gasteiger partial charge in [0.15, 0.2) is 0 Å². The molecule has 2 saturated carbocycles. The van der Waals surface area contributed by atoms with Crippen molar-refractivity contribution in [2.75, 3.05) is 6.61 Å². The molecule has 0 aromatic carbocycles. The zero-order valence-corrected chi connectivity index (χ0v) is 11.2. The Labute approximate surface area is 99.8 Å². The second-order valence-electron chi connectivity index (χ2n) is 6.62. The first-order chi connectivity index (χ1) is 7.45. The Kier molecular flexibility index (Phi) is 3.09. The van der Waals surface area contributed by atoms with Crippen LogP contribution in [0.1, 0.15) is 53.4 Å². The summed E-state index contributed by atoms with van der Waals surface area (Å²) in [6.45, 7) is 9.74. The van der Waals surface area contributed by atoms with E-state index in [4.69, 9.17) is 0 Å². The minimum Gasteiger partial charge on any atom is -0.395 e. The fraction of sp³-hybridized carbons (Fsp3) is 1.00. The van der Waals surface area contributed by atoms with Crippen molar-refractivity contribution in [3.63, 3.8) is 0 Å². The molecule has 2 aliphatic rings. The lowest BCUT2D eigenvalue weighted by Gasteiger charge is -2.41. The lowest BCUT2D eigenvalue weighted by atomic mass is 9.69. The minimum absolute atomic E-state index is 0.272. The maximum Gasteiger partial charge on any atom is 0.0584 e. The highest BCUT2D eigenvalue weighted by Gasteiger charge is 2.61. The van der Waals surface area contributed by atoms with Crippen LogP contribution < -0.4 is 5.32 Å². The Morgan fingerprint density at radius 3 is 2.44 bits per heavy atom. The van der Waals surface area contributed by atoms with Gasteiger partial charge in [0, 0.05) is 12.1 Å². The molecule has 2 unspecified atom stereocenters. The summed E-state index contributed by atoms with van der Waals surface area (Å²) in [6.07, 6.45) is 5.08. The Hall–Kier alpha value is -0.0800. The minimum atomic E-state index is 0.272. The molecule has 2 nitrogen and oxygen atoms in total. The predicted octanol–water partition coefficient (Wildman–Crippen LogP) is 2.56. The number of rotatable bonds is 4. The van der Waals surface area contributed by atoms with E-state index < -0.39 is 0 Å². The molecule has 0 aromatic heterocycles. The Bertz CT molecular complexity index is 259. The third kappa shape index (κ3) is 1.53. The van der Waals surface area contributed by atoms with E-state index in [1.165, 1.54) is 19.3 Å². The lowest BCUT2D eigenvalue weighted by molar-refractivity contribution is 0.106. The van der Waals surface area contributed by atoms with Crippen molar-refractivity contribution >= 4 is 0 Å². The first-order valence-electron chi connectivity index (χ1n) is 6.82. The summed E-state index contributed by atoms with van der Waals surface area (Å²) >= 11 is 0. The summed E-state index contributed by atoms with van der Waals surface area (Å²) in [4.78, 5) is 0. The maximum absolute atomic E-state index is 9.31. The standard InChI is InChI=1S/C14H27NO/c1-5-11(9-16)15-12-8-10-6-7-14(12,4)13(10,2)3/h10-12,15-16H,5-9H2,1-4H3/t10?,11-,12?,14-/m1/s1. The van der Waals surface area contributed by atoms with E-state index in [2.05, 4.69) is 33.0 Å². The number of hydrogen-bond donors (Lipinski definition) is 2. The summed E-state index contributed by atoms with van der Waals surface area (Å²) in [5.41, 5.74) is 0.901. The average molecular weight is 225 g/mol. The second kappa shape index (κ2) is 3.99. The van der Waals surface area contributed by atoms with E-state index in [1.807, 2.05) is 0 Å². The molecule has 16 heavy (non-hydrogen) atoms. The van der Waals surface area contributed by atoms with E-state index in [0.29, 0.717) is 16.9 Å². The molecular formula is C14H27NO. The van der Waals surface area contributed by atoms with E-state index in [-0.39, 0.29) is 12.6 Å². The van der Waals surface area contributed by atoms with Crippen molar-refractivity contribution in [3.05, 3.63) is 0 Å². The van der Waals surface area contributed by atoms with Gasteiger partial charge in [-0.15, -0.1) is 0 Å². The largest absolute Gasteiger partial charge is 0.395 e. The van der Waals surface area contributed by atoms with Crippen molar-refractivity contribution in [2.45, 2.75) is 65.5 Å². The molecule has 0 heterocycles. The van der Waals surface area contributed by atoms with Gasteiger partial charge in [-0.1, -0.05) is 27.7 Å². The highest BCUT2D eigenvalue weighted by atomic mass is 16.3. The van der Waals surface area contributed by atoms with Gasteiger partial charge in [0.25, 0.3) is 0 Å². The van der Waals surface area contributed by atoms with E-state index >= 15 is 0 Å². The van der Waals surface area contributed by atoms with Gasteiger partial charge in [0.2, 0.25) is 0 Å². The molecule has 2 rings (SSSR count). The van der Waals surface area contributed by atoms with Crippen LogP contribution in [0, 0.1) is 16.7 Å². The van der Waals surface area contributed by atoms with Crippen molar-refractivity contribution < 1.29 is 5.11 Å². The van der Waals surface area contributed by atoms with Crippen LogP contribution in [0.4, 0.5) is 0 Å². The van der Waals surface area contributed by atoms with E-state index in [0.717, 1.165) is 12.3 Å². The van der Waals surface area contributed by atoms with Crippen LogP contribution >= 0.6 is 0 Å². The summed E-state index contributed by atoms with van der Waals surface area (Å²) < 4.78 is 0. The van der Waals surface area contributed by atoms with Crippen molar-refractivity contribution in [2.24, 2.45) is 16.7 Å². The second-order valence-corrected chi connectivity index (χ2v) is 6.62. The quantitative estimate of drug-likeness (QED) is 0.770. The van der Waals surface area contributed by atoms with Gasteiger partial charge in [-0.3, -0.25) is 0 Å². The molecule has 0 amide bonds. The Morgan fingerprint density at radius 2 is 2.06 bits per heavy atom. The van der Waals surface area contributed by atoms with Crippen LogP contribution in [0.5, 0.6) is 0 Å². The van der Waals surface area contributed by atoms with E-state index in [1.54, 1.807) is 0 Å². The monoisotopic (exact) mass is 225 g/mol. The van der Waals surface area contributed by atoms with Gasteiger partial charge in [-0.25, -0.2) is 0 Å². The van der Waals surface area contributed by atoms with Crippen molar-refractivity contribution in [1.29, 1.82) is 0 Å². The topological polar surface area (TPSA) is 32.3 Å². The van der Waals surface area contributed by atoms with Crippen LogP contribution in [-0.2, 0) is 0 Å². The van der Waals surface area contributed by atoms with Gasteiger partial charge in [0.1, 0.15) is 0 Å². The van der Waals surface area contributed by atoms with Crippen LogP contribution in [0.2, 0.25) is 0 Å². The normalized spacial score (nSPS) is 42.6. The molecule has 0 aromatic rings.